The molecule has 2 rings (SSSR count). The van der Waals surface area contributed by atoms with Crippen molar-refractivity contribution in [2.45, 2.75) is 38.8 Å². The van der Waals surface area contributed by atoms with Crippen molar-refractivity contribution in [3.8, 4) is 5.75 Å². The second-order valence-corrected chi connectivity index (χ2v) is 5.68. The van der Waals surface area contributed by atoms with Crippen molar-refractivity contribution in [3.63, 3.8) is 0 Å². The van der Waals surface area contributed by atoms with Crippen LogP contribution in [-0.2, 0) is 4.79 Å². The number of hydrogen-bond donors (Lipinski definition) is 1. The molecule has 1 aromatic rings. The molecule has 0 radical (unpaired) electrons. The highest BCUT2D eigenvalue weighted by atomic mass is 19.1. The number of nitrogens with zero attached hydrogens (tertiary/aromatic N) is 1. The molecule has 0 bridgehead atoms. The van der Waals surface area contributed by atoms with Crippen LogP contribution in [0.1, 0.15) is 26.7 Å². The van der Waals surface area contributed by atoms with Gasteiger partial charge in [0.1, 0.15) is 11.6 Å². The number of benzene rings is 1. The van der Waals surface area contributed by atoms with Crippen molar-refractivity contribution in [3.05, 3.63) is 30.1 Å². The highest BCUT2D eigenvalue weighted by Crippen LogP contribution is 2.13. The Hall–Kier alpha value is -1.62. The Kier molecular flexibility index (Phi) is 5.56. The maximum absolute atomic E-state index is 13.0. The molecular weight excluding hydrogens is 271 g/mol. The molecule has 1 heterocycles. The van der Waals surface area contributed by atoms with Crippen molar-refractivity contribution >= 4 is 5.91 Å². The first-order valence-electron chi connectivity index (χ1n) is 7.47. The lowest BCUT2D eigenvalue weighted by Gasteiger charge is -2.36. The zero-order valence-electron chi connectivity index (χ0n) is 12.6. The van der Waals surface area contributed by atoms with E-state index in [0.717, 1.165) is 13.1 Å². The van der Waals surface area contributed by atoms with Crippen LogP contribution in [0, 0.1) is 5.82 Å². The van der Waals surface area contributed by atoms with Crippen LogP contribution in [0.5, 0.6) is 5.75 Å². The Morgan fingerprint density at radius 3 is 2.76 bits per heavy atom. The van der Waals surface area contributed by atoms with Crippen molar-refractivity contribution in [1.82, 2.24) is 10.2 Å². The maximum Gasteiger partial charge on any atom is 0.222 e. The van der Waals surface area contributed by atoms with Gasteiger partial charge in [0.25, 0.3) is 0 Å². The molecule has 1 aliphatic rings. The van der Waals surface area contributed by atoms with Gasteiger partial charge in [-0.15, -0.1) is 0 Å². The number of carbonyl (C=O) groups excluding carboxylic acids is 1. The first kappa shape index (κ1) is 15.8. The molecule has 2 atom stereocenters. The normalized spacial score (nSPS) is 22.1. The topological polar surface area (TPSA) is 41.6 Å². The first-order chi connectivity index (χ1) is 10.0. The summed E-state index contributed by atoms with van der Waals surface area (Å²) in [5, 5.41) is 3.40. The minimum Gasteiger partial charge on any atom is -0.493 e. The average molecular weight is 294 g/mol. The fourth-order valence-corrected chi connectivity index (χ4v) is 2.66. The van der Waals surface area contributed by atoms with Gasteiger partial charge in [-0.3, -0.25) is 4.79 Å². The molecule has 1 aliphatic heterocycles. The van der Waals surface area contributed by atoms with Gasteiger partial charge in [0, 0.05) is 37.7 Å². The lowest BCUT2D eigenvalue weighted by molar-refractivity contribution is -0.133. The van der Waals surface area contributed by atoms with Crippen LogP contribution in [0.15, 0.2) is 24.3 Å². The number of nitrogens with one attached hydrogen (secondary N) is 1. The van der Waals surface area contributed by atoms with Crippen LogP contribution in [0.3, 0.4) is 0 Å². The van der Waals surface area contributed by atoms with E-state index < -0.39 is 0 Å². The largest absolute Gasteiger partial charge is 0.493 e. The molecule has 0 saturated carbocycles. The molecule has 1 saturated heterocycles. The van der Waals surface area contributed by atoms with E-state index in [9.17, 15) is 9.18 Å². The predicted octanol–water partition coefficient (Wildman–Crippen LogP) is 2.19. The van der Waals surface area contributed by atoms with Gasteiger partial charge in [0.2, 0.25) is 5.91 Å². The smallest absolute Gasteiger partial charge is 0.222 e. The van der Waals surface area contributed by atoms with Gasteiger partial charge in [-0.05, 0) is 32.4 Å². The van der Waals surface area contributed by atoms with Crippen molar-refractivity contribution in [1.29, 1.82) is 0 Å². The Morgan fingerprint density at radius 1 is 1.38 bits per heavy atom. The SMILES string of the molecule is C[C@@H]1CN(C(=O)CCCOc2cccc(F)c2)C[C@H](C)N1. The minimum absolute atomic E-state index is 0.165. The quantitative estimate of drug-likeness (QED) is 0.847. The van der Waals surface area contributed by atoms with Crippen molar-refractivity contribution in [2.24, 2.45) is 0 Å². The highest BCUT2D eigenvalue weighted by Gasteiger charge is 2.24. The molecule has 116 valence electrons. The van der Waals surface area contributed by atoms with Crippen LogP contribution in [-0.4, -0.2) is 42.6 Å². The number of rotatable bonds is 5. The fraction of sp³-hybridized carbons (Fsp3) is 0.562. The molecule has 0 aromatic heterocycles. The first-order valence-corrected chi connectivity index (χ1v) is 7.47. The van der Waals surface area contributed by atoms with Gasteiger partial charge in [-0.1, -0.05) is 6.07 Å². The van der Waals surface area contributed by atoms with Gasteiger partial charge >= 0.3 is 0 Å². The molecule has 0 unspecified atom stereocenters. The number of carbonyl (C=O) groups is 1. The van der Waals surface area contributed by atoms with Crippen molar-refractivity contribution in [2.75, 3.05) is 19.7 Å². The summed E-state index contributed by atoms with van der Waals surface area (Å²) in [7, 11) is 0. The van der Waals surface area contributed by atoms with E-state index in [4.69, 9.17) is 4.74 Å². The third-order valence-corrected chi connectivity index (χ3v) is 3.51. The number of hydrogen-bond acceptors (Lipinski definition) is 3. The molecule has 1 N–H and O–H groups in total. The van der Waals surface area contributed by atoms with Crippen LogP contribution >= 0.6 is 0 Å². The lowest BCUT2D eigenvalue weighted by Crippen LogP contribution is -2.55. The van der Waals surface area contributed by atoms with E-state index in [1.165, 1.54) is 12.1 Å². The van der Waals surface area contributed by atoms with Crippen LogP contribution in [0.25, 0.3) is 0 Å². The van der Waals surface area contributed by atoms with E-state index in [1.54, 1.807) is 12.1 Å². The third kappa shape index (κ3) is 5.01. The average Bonchev–Trinajstić information content (AvgIpc) is 2.42. The zero-order chi connectivity index (χ0) is 15.2. The van der Waals surface area contributed by atoms with Gasteiger partial charge in [0.15, 0.2) is 0 Å². The van der Waals surface area contributed by atoms with Gasteiger partial charge in [-0.2, -0.15) is 0 Å². The monoisotopic (exact) mass is 294 g/mol. The Morgan fingerprint density at radius 2 is 2.10 bits per heavy atom. The number of halogens is 1. The minimum atomic E-state index is -0.313. The van der Waals surface area contributed by atoms with Crippen LogP contribution < -0.4 is 10.1 Å². The molecule has 0 spiro atoms. The molecule has 0 aliphatic carbocycles. The third-order valence-electron chi connectivity index (χ3n) is 3.51. The fourth-order valence-electron chi connectivity index (χ4n) is 2.66. The Labute approximate surface area is 125 Å². The van der Waals surface area contributed by atoms with E-state index in [1.807, 2.05) is 4.90 Å². The van der Waals surface area contributed by atoms with Crippen LogP contribution in [0.4, 0.5) is 4.39 Å². The maximum atomic E-state index is 13.0. The summed E-state index contributed by atoms with van der Waals surface area (Å²) in [6, 6.07) is 6.72. The standard InChI is InChI=1S/C16H23FN2O2/c1-12-10-19(11-13(2)18-12)16(20)7-4-8-21-15-6-3-5-14(17)9-15/h3,5-6,9,12-13,18H,4,7-8,10-11H2,1-2H3/t12-,13+. The summed E-state index contributed by atoms with van der Waals surface area (Å²) in [5.74, 6) is 0.359. The molecule has 1 fully saturated rings. The number of ether oxygens (including phenoxy) is 1. The molecule has 4 nitrogen and oxygen atoms in total. The molecule has 21 heavy (non-hydrogen) atoms. The number of amides is 1. The number of piperazine rings is 1. The Bertz CT molecular complexity index is 471. The van der Waals surface area contributed by atoms with Gasteiger partial charge in [-0.25, -0.2) is 4.39 Å². The summed E-state index contributed by atoms with van der Waals surface area (Å²) in [5.41, 5.74) is 0. The van der Waals surface area contributed by atoms with E-state index in [0.29, 0.717) is 37.3 Å². The predicted molar refractivity (Wildman–Crippen MR) is 79.8 cm³/mol. The second-order valence-electron chi connectivity index (χ2n) is 5.68. The summed E-state index contributed by atoms with van der Waals surface area (Å²) < 4.78 is 18.4. The van der Waals surface area contributed by atoms with E-state index in [2.05, 4.69) is 19.2 Å². The van der Waals surface area contributed by atoms with E-state index >= 15 is 0 Å². The summed E-state index contributed by atoms with van der Waals surface area (Å²) in [4.78, 5) is 14.0. The lowest BCUT2D eigenvalue weighted by atomic mass is 10.1. The van der Waals surface area contributed by atoms with E-state index in [-0.39, 0.29) is 11.7 Å². The molecular formula is C16H23FN2O2. The molecule has 5 heteroatoms. The summed E-state index contributed by atoms with van der Waals surface area (Å²) >= 11 is 0. The molecule has 1 amide bonds. The van der Waals surface area contributed by atoms with Crippen molar-refractivity contribution < 1.29 is 13.9 Å². The zero-order valence-corrected chi connectivity index (χ0v) is 12.6. The summed E-state index contributed by atoms with van der Waals surface area (Å²) in [6.45, 7) is 6.11. The molecule has 1 aromatic carbocycles. The summed E-state index contributed by atoms with van der Waals surface area (Å²) in [6.07, 6.45) is 1.11. The second kappa shape index (κ2) is 7.41. The highest BCUT2D eigenvalue weighted by molar-refractivity contribution is 5.76. The van der Waals surface area contributed by atoms with Crippen LogP contribution in [0.2, 0.25) is 0 Å². The Balaban J connectivity index is 1.69. The van der Waals surface area contributed by atoms with Gasteiger partial charge < -0.3 is 15.0 Å². The van der Waals surface area contributed by atoms with Gasteiger partial charge in [0.05, 0.1) is 6.61 Å².